The van der Waals surface area contributed by atoms with Gasteiger partial charge < -0.3 is 14.6 Å². The fourth-order valence-electron chi connectivity index (χ4n) is 1.03. The van der Waals surface area contributed by atoms with Crippen molar-refractivity contribution in [2.24, 2.45) is 0 Å². The Morgan fingerprint density at radius 2 is 2.13 bits per heavy atom. The van der Waals surface area contributed by atoms with Gasteiger partial charge in [0.05, 0.1) is 6.61 Å². The van der Waals surface area contributed by atoms with E-state index < -0.39 is 0 Å². The van der Waals surface area contributed by atoms with Crippen molar-refractivity contribution >= 4 is 5.97 Å². The van der Waals surface area contributed by atoms with Crippen LogP contribution in [-0.4, -0.2) is 17.7 Å². The lowest BCUT2D eigenvalue weighted by Gasteiger charge is -2.08. The van der Waals surface area contributed by atoms with Crippen LogP contribution in [0.2, 0.25) is 0 Å². The summed E-state index contributed by atoms with van der Waals surface area (Å²) in [6.45, 7) is 3.97. The second-order valence-electron chi connectivity index (χ2n) is 2.89. The van der Waals surface area contributed by atoms with Gasteiger partial charge in [0.2, 0.25) is 0 Å². The molecule has 1 N–H and O–H groups in total. The van der Waals surface area contributed by atoms with Crippen molar-refractivity contribution < 1.29 is 19.4 Å². The average molecular weight is 210 g/mol. The van der Waals surface area contributed by atoms with Gasteiger partial charge in [0, 0.05) is 12.5 Å². The molecule has 0 unspecified atom stereocenters. The summed E-state index contributed by atoms with van der Waals surface area (Å²) in [5, 5.41) is 9.39. The van der Waals surface area contributed by atoms with Crippen molar-refractivity contribution in [1.29, 1.82) is 0 Å². The molecular formula is C11H14O4. The molecule has 1 aromatic carbocycles. The fraction of sp³-hybridized carbons (Fsp3) is 0.364. The maximum atomic E-state index is 11.0. The third kappa shape index (κ3) is 3.16. The predicted octanol–water partition coefficient (Wildman–Crippen LogP) is 2.11. The van der Waals surface area contributed by atoms with Crippen LogP contribution in [0.5, 0.6) is 17.2 Å². The Kier molecular flexibility index (Phi) is 3.97. The third-order valence-corrected chi connectivity index (χ3v) is 1.75. The van der Waals surface area contributed by atoms with Gasteiger partial charge in [0.15, 0.2) is 11.5 Å². The van der Waals surface area contributed by atoms with Gasteiger partial charge in [0.1, 0.15) is 5.75 Å². The zero-order valence-electron chi connectivity index (χ0n) is 8.82. The molecule has 0 atom stereocenters. The van der Waals surface area contributed by atoms with Gasteiger partial charge in [-0.2, -0.15) is 0 Å². The average Bonchev–Trinajstić information content (AvgIpc) is 2.23. The molecular weight excluding hydrogens is 196 g/mol. The lowest BCUT2D eigenvalue weighted by molar-refractivity contribution is -0.134. The summed E-state index contributed by atoms with van der Waals surface area (Å²) < 4.78 is 10.1. The molecule has 0 fully saturated rings. The van der Waals surface area contributed by atoms with E-state index in [0.29, 0.717) is 24.5 Å². The van der Waals surface area contributed by atoms with E-state index in [1.54, 1.807) is 6.92 Å². The summed E-state index contributed by atoms with van der Waals surface area (Å²) in [7, 11) is 0. The fourth-order valence-corrected chi connectivity index (χ4v) is 1.03. The smallest absolute Gasteiger partial charge is 0.310 e. The molecule has 0 bridgehead atoms. The zero-order valence-corrected chi connectivity index (χ0v) is 8.82. The molecule has 4 nitrogen and oxygen atoms in total. The van der Waals surface area contributed by atoms with Crippen molar-refractivity contribution in [3.8, 4) is 17.2 Å². The largest absolute Gasteiger partial charge is 0.504 e. The molecule has 1 rings (SSSR count). The Hall–Kier alpha value is -1.71. The second kappa shape index (κ2) is 5.24. The molecule has 0 amide bonds. The summed E-state index contributed by atoms with van der Waals surface area (Å²) in [5.74, 6) is 0.415. The Bertz CT molecular complexity index is 346. The number of carbonyl (C=O) groups excluding carboxylic acids is 1. The molecule has 0 aliphatic carbocycles. The van der Waals surface area contributed by atoms with Gasteiger partial charge in [0.25, 0.3) is 0 Å². The minimum Gasteiger partial charge on any atom is -0.504 e. The molecule has 0 radical (unpaired) electrons. The molecule has 0 spiro atoms. The highest BCUT2D eigenvalue weighted by Gasteiger charge is 2.06. The number of phenols is 1. The minimum atomic E-state index is -0.317. The van der Waals surface area contributed by atoms with E-state index in [1.165, 1.54) is 18.2 Å². The lowest BCUT2D eigenvalue weighted by Crippen LogP contribution is -2.05. The summed E-state index contributed by atoms with van der Waals surface area (Å²) >= 11 is 0. The highest BCUT2D eigenvalue weighted by molar-refractivity contribution is 5.72. The van der Waals surface area contributed by atoms with Crippen molar-refractivity contribution in [3.63, 3.8) is 0 Å². The highest BCUT2D eigenvalue weighted by Crippen LogP contribution is 2.30. The maximum Gasteiger partial charge on any atom is 0.310 e. The van der Waals surface area contributed by atoms with Gasteiger partial charge >= 0.3 is 5.97 Å². The number of esters is 1. The number of aromatic hydroxyl groups is 1. The van der Waals surface area contributed by atoms with Crippen LogP contribution in [0.25, 0.3) is 0 Å². The number of ether oxygens (including phenoxy) is 2. The Labute approximate surface area is 88.4 Å². The Morgan fingerprint density at radius 3 is 2.73 bits per heavy atom. The first-order valence-corrected chi connectivity index (χ1v) is 4.83. The van der Waals surface area contributed by atoms with E-state index in [1.807, 2.05) is 6.92 Å². The molecule has 4 heteroatoms. The minimum absolute atomic E-state index is 0.0353. The molecule has 1 aromatic rings. The van der Waals surface area contributed by atoms with Crippen molar-refractivity contribution in [3.05, 3.63) is 18.2 Å². The molecule has 0 heterocycles. The third-order valence-electron chi connectivity index (χ3n) is 1.75. The van der Waals surface area contributed by atoms with Gasteiger partial charge in [-0.05, 0) is 19.1 Å². The summed E-state index contributed by atoms with van der Waals surface area (Å²) in [4.78, 5) is 11.0. The summed E-state index contributed by atoms with van der Waals surface area (Å²) in [6.07, 6.45) is 0.310. The van der Waals surface area contributed by atoms with E-state index in [2.05, 4.69) is 0 Å². The van der Waals surface area contributed by atoms with Gasteiger partial charge in [-0.1, -0.05) is 6.92 Å². The topological polar surface area (TPSA) is 55.8 Å². The van der Waals surface area contributed by atoms with Crippen LogP contribution >= 0.6 is 0 Å². The number of carbonyl (C=O) groups is 1. The summed E-state index contributed by atoms with van der Waals surface area (Å²) in [5.41, 5.74) is 0. The van der Waals surface area contributed by atoms with E-state index in [-0.39, 0.29) is 11.7 Å². The molecule has 0 saturated carbocycles. The van der Waals surface area contributed by atoms with Crippen LogP contribution in [0, 0.1) is 0 Å². The van der Waals surface area contributed by atoms with Gasteiger partial charge in [-0.25, -0.2) is 0 Å². The van der Waals surface area contributed by atoms with Crippen LogP contribution in [0.1, 0.15) is 20.3 Å². The second-order valence-corrected chi connectivity index (χ2v) is 2.89. The molecule has 15 heavy (non-hydrogen) atoms. The van der Waals surface area contributed by atoms with Gasteiger partial charge in [-0.15, -0.1) is 0 Å². The first-order chi connectivity index (χ1) is 7.17. The van der Waals surface area contributed by atoms with E-state index >= 15 is 0 Å². The highest BCUT2D eigenvalue weighted by atomic mass is 16.5. The summed E-state index contributed by atoms with van der Waals surface area (Å²) in [6, 6.07) is 4.45. The first-order valence-electron chi connectivity index (χ1n) is 4.83. The molecule has 0 aliphatic rings. The van der Waals surface area contributed by atoms with E-state index in [4.69, 9.17) is 9.47 Å². The number of hydrogen-bond acceptors (Lipinski definition) is 4. The van der Waals surface area contributed by atoms with Crippen LogP contribution in [-0.2, 0) is 4.79 Å². The molecule has 0 saturated heterocycles. The monoisotopic (exact) mass is 210 g/mol. The maximum absolute atomic E-state index is 11.0. The number of phenolic OH excluding ortho intramolecular Hbond substituents is 1. The first kappa shape index (κ1) is 11.4. The number of benzene rings is 1. The predicted molar refractivity (Wildman–Crippen MR) is 55.2 cm³/mol. The van der Waals surface area contributed by atoms with Crippen molar-refractivity contribution in [2.45, 2.75) is 20.3 Å². The Morgan fingerprint density at radius 1 is 1.40 bits per heavy atom. The number of rotatable bonds is 4. The van der Waals surface area contributed by atoms with Crippen molar-refractivity contribution in [2.75, 3.05) is 6.61 Å². The van der Waals surface area contributed by atoms with Crippen LogP contribution < -0.4 is 9.47 Å². The van der Waals surface area contributed by atoms with E-state index in [9.17, 15) is 9.90 Å². The zero-order chi connectivity index (χ0) is 11.3. The van der Waals surface area contributed by atoms with Gasteiger partial charge in [-0.3, -0.25) is 4.79 Å². The molecule has 82 valence electrons. The SMILES string of the molecule is CCOc1cc(OC(=O)CC)ccc1O. The molecule has 0 aromatic heterocycles. The standard InChI is InChI=1S/C11H14O4/c1-3-11(13)15-8-5-6-9(12)10(7-8)14-4-2/h5-7,12H,3-4H2,1-2H3. The van der Waals surface area contributed by atoms with Crippen molar-refractivity contribution in [1.82, 2.24) is 0 Å². The van der Waals surface area contributed by atoms with E-state index in [0.717, 1.165) is 0 Å². The van der Waals surface area contributed by atoms with Crippen LogP contribution in [0.3, 0.4) is 0 Å². The number of hydrogen-bond donors (Lipinski definition) is 1. The Balaban J connectivity index is 2.82. The molecule has 0 aliphatic heterocycles. The van der Waals surface area contributed by atoms with Crippen LogP contribution in [0.4, 0.5) is 0 Å². The normalized spacial score (nSPS) is 9.73. The quantitative estimate of drug-likeness (QED) is 0.610. The lowest BCUT2D eigenvalue weighted by atomic mass is 10.3. The van der Waals surface area contributed by atoms with Crippen LogP contribution in [0.15, 0.2) is 18.2 Å².